The molecule has 0 saturated heterocycles. The van der Waals surface area contributed by atoms with Crippen molar-refractivity contribution in [3.05, 3.63) is 42.5 Å². The number of nitrogens with one attached hydrogen (secondary N) is 2. The minimum atomic E-state index is -3.66. The van der Waals surface area contributed by atoms with Crippen LogP contribution in [0, 0.1) is 0 Å². The van der Waals surface area contributed by atoms with E-state index in [-0.39, 0.29) is 16.5 Å². The third-order valence-corrected chi connectivity index (χ3v) is 6.37. The zero-order chi connectivity index (χ0) is 18.4. The van der Waals surface area contributed by atoms with Crippen molar-refractivity contribution in [3.8, 4) is 0 Å². The maximum atomic E-state index is 12.3. The second-order valence-corrected chi connectivity index (χ2v) is 9.19. The predicted octanol–water partition coefficient (Wildman–Crippen LogP) is 2.76. The van der Waals surface area contributed by atoms with Crippen molar-refractivity contribution in [2.45, 2.75) is 29.1 Å². The first-order chi connectivity index (χ1) is 11.8. The van der Waals surface area contributed by atoms with Crippen LogP contribution in [0.2, 0.25) is 0 Å². The van der Waals surface area contributed by atoms with Crippen molar-refractivity contribution >= 4 is 44.2 Å². The van der Waals surface area contributed by atoms with Gasteiger partial charge in [0, 0.05) is 17.4 Å². The molecule has 0 fully saturated rings. The summed E-state index contributed by atoms with van der Waals surface area (Å²) in [7, 11) is -3.66. The molecule has 1 aromatic heterocycles. The maximum absolute atomic E-state index is 12.3. The van der Waals surface area contributed by atoms with E-state index in [9.17, 15) is 13.2 Å². The van der Waals surface area contributed by atoms with Gasteiger partial charge in [-0.2, -0.15) is 0 Å². The van der Waals surface area contributed by atoms with Gasteiger partial charge in [-0.3, -0.25) is 10.1 Å². The Kier molecular flexibility index (Phi) is 6.71. The first-order valence-corrected chi connectivity index (χ1v) is 10.6. The number of anilines is 1. The second-order valence-electron chi connectivity index (χ2n) is 5.23. The number of hydrogen-bond acceptors (Lipinski definition) is 7. The van der Waals surface area contributed by atoms with Crippen LogP contribution in [-0.2, 0) is 10.0 Å². The lowest BCUT2D eigenvalue weighted by Gasteiger charge is -2.10. The molecule has 2 N–H and O–H groups in total. The van der Waals surface area contributed by atoms with Gasteiger partial charge in [-0.05, 0) is 32.0 Å². The molecule has 0 spiro atoms. The van der Waals surface area contributed by atoms with Crippen LogP contribution in [0.15, 0.2) is 46.2 Å². The Labute approximate surface area is 155 Å². The molecule has 0 aliphatic carbocycles. The number of nitrogens with zero attached hydrogens (tertiary/aromatic N) is 2. The van der Waals surface area contributed by atoms with Crippen molar-refractivity contribution in [2.24, 2.45) is 0 Å². The fourth-order valence-electron chi connectivity index (χ4n) is 1.80. The highest BCUT2D eigenvalue weighted by atomic mass is 32.2. The average Bonchev–Trinajstić information content (AvgIpc) is 2.99. The predicted molar refractivity (Wildman–Crippen MR) is 101 cm³/mol. The molecule has 0 aliphatic heterocycles. The summed E-state index contributed by atoms with van der Waals surface area (Å²) in [6.07, 6.45) is 1.75. The highest BCUT2D eigenvalue weighted by Gasteiger charge is 2.18. The number of sulfonamides is 1. The Morgan fingerprint density at radius 2 is 2.16 bits per heavy atom. The summed E-state index contributed by atoms with van der Waals surface area (Å²) in [5.41, 5.74) is 0.224. The Bertz CT molecular complexity index is 862. The van der Waals surface area contributed by atoms with Gasteiger partial charge in [0.25, 0.3) is 5.91 Å². The lowest BCUT2D eigenvalue weighted by Crippen LogP contribution is -2.30. The summed E-state index contributed by atoms with van der Waals surface area (Å²) < 4.78 is 27.6. The van der Waals surface area contributed by atoms with E-state index >= 15 is 0 Å². The first-order valence-electron chi connectivity index (χ1n) is 7.33. The molecule has 0 radical (unpaired) electrons. The zero-order valence-corrected chi connectivity index (χ0v) is 16.2. The van der Waals surface area contributed by atoms with E-state index in [1.165, 1.54) is 47.4 Å². The first kappa shape index (κ1) is 19.6. The molecule has 10 heteroatoms. The van der Waals surface area contributed by atoms with Crippen molar-refractivity contribution in [3.63, 3.8) is 0 Å². The molecule has 1 heterocycles. The smallest absolute Gasteiger partial charge is 0.257 e. The van der Waals surface area contributed by atoms with Crippen molar-refractivity contribution in [1.29, 1.82) is 0 Å². The van der Waals surface area contributed by atoms with Gasteiger partial charge in [0.2, 0.25) is 15.2 Å². The number of amides is 1. The molecule has 0 unspecified atom stereocenters. The van der Waals surface area contributed by atoms with Gasteiger partial charge in [-0.25, -0.2) is 13.1 Å². The Hall–Kier alpha value is -1.75. The minimum absolute atomic E-state index is 0.0355. The van der Waals surface area contributed by atoms with Crippen LogP contribution in [0.3, 0.4) is 0 Å². The number of aromatic nitrogens is 2. The van der Waals surface area contributed by atoms with Crippen molar-refractivity contribution in [2.75, 3.05) is 11.1 Å². The molecule has 0 aliphatic rings. The topological polar surface area (TPSA) is 101 Å². The number of rotatable bonds is 8. The quantitative estimate of drug-likeness (QED) is 0.403. The molecule has 0 atom stereocenters. The van der Waals surface area contributed by atoms with E-state index in [1.54, 1.807) is 19.9 Å². The Morgan fingerprint density at radius 1 is 1.40 bits per heavy atom. The maximum Gasteiger partial charge on any atom is 0.257 e. The summed E-state index contributed by atoms with van der Waals surface area (Å²) in [6, 6.07) is 5.59. The van der Waals surface area contributed by atoms with Gasteiger partial charge in [0.05, 0.1) is 4.90 Å². The van der Waals surface area contributed by atoms with E-state index < -0.39 is 15.9 Å². The van der Waals surface area contributed by atoms with Gasteiger partial charge in [-0.15, -0.1) is 16.8 Å². The van der Waals surface area contributed by atoms with Gasteiger partial charge in [0.1, 0.15) is 0 Å². The molecular weight excluding hydrogens is 380 g/mol. The monoisotopic (exact) mass is 398 g/mol. The number of benzene rings is 1. The highest BCUT2D eigenvalue weighted by Crippen LogP contribution is 2.25. The van der Waals surface area contributed by atoms with Gasteiger partial charge in [-0.1, -0.05) is 35.2 Å². The summed E-state index contributed by atoms with van der Waals surface area (Å²) in [5.74, 6) is 0.253. The SMILES string of the molecule is C=CCSc1nnc(NC(=O)c2cccc(S(=O)(=O)NC(C)C)c2)s1. The van der Waals surface area contributed by atoms with Crippen LogP contribution in [0.4, 0.5) is 5.13 Å². The molecule has 25 heavy (non-hydrogen) atoms. The summed E-state index contributed by atoms with van der Waals surface area (Å²) in [4.78, 5) is 12.4. The fourth-order valence-corrected chi connectivity index (χ4v) is 4.61. The van der Waals surface area contributed by atoms with Crippen LogP contribution in [0.1, 0.15) is 24.2 Å². The Balaban J connectivity index is 2.13. The van der Waals surface area contributed by atoms with Crippen LogP contribution in [0.25, 0.3) is 0 Å². The lowest BCUT2D eigenvalue weighted by molar-refractivity contribution is 0.102. The third-order valence-electron chi connectivity index (χ3n) is 2.75. The molecule has 2 rings (SSSR count). The molecule has 0 saturated carbocycles. The molecular formula is C15H18N4O3S3. The normalized spacial score (nSPS) is 11.5. The number of carbonyl (C=O) groups excluding carboxylic acids is 1. The molecule has 2 aromatic rings. The largest absolute Gasteiger partial charge is 0.296 e. The van der Waals surface area contributed by atoms with E-state index in [0.29, 0.717) is 15.2 Å². The van der Waals surface area contributed by atoms with Crippen molar-refractivity contribution < 1.29 is 13.2 Å². The van der Waals surface area contributed by atoms with E-state index in [2.05, 4.69) is 26.8 Å². The fraction of sp³-hybridized carbons (Fsp3) is 0.267. The number of carbonyl (C=O) groups is 1. The zero-order valence-electron chi connectivity index (χ0n) is 13.7. The Morgan fingerprint density at radius 3 is 2.84 bits per heavy atom. The van der Waals surface area contributed by atoms with Crippen molar-refractivity contribution in [1.82, 2.24) is 14.9 Å². The van der Waals surface area contributed by atoms with E-state index in [0.717, 1.165) is 0 Å². The van der Waals surface area contributed by atoms with Gasteiger partial charge < -0.3 is 0 Å². The van der Waals surface area contributed by atoms with Gasteiger partial charge in [0.15, 0.2) is 4.34 Å². The third kappa shape index (κ3) is 5.63. The minimum Gasteiger partial charge on any atom is -0.296 e. The van der Waals surface area contributed by atoms with Crippen LogP contribution in [0.5, 0.6) is 0 Å². The van der Waals surface area contributed by atoms with Crippen LogP contribution >= 0.6 is 23.1 Å². The number of thioether (sulfide) groups is 1. The summed E-state index contributed by atoms with van der Waals surface area (Å²) in [6.45, 7) is 7.08. The summed E-state index contributed by atoms with van der Waals surface area (Å²) in [5, 5.41) is 10.8. The molecule has 134 valence electrons. The summed E-state index contributed by atoms with van der Waals surface area (Å²) >= 11 is 2.71. The van der Waals surface area contributed by atoms with Gasteiger partial charge >= 0.3 is 0 Å². The molecule has 1 aromatic carbocycles. The number of hydrogen-bond donors (Lipinski definition) is 2. The molecule has 7 nitrogen and oxygen atoms in total. The average molecular weight is 399 g/mol. The van der Waals surface area contributed by atoms with Crippen LogP contribution in [-0.4, -0.2) is 36.3 Å². The van der Waals surface area contributed by atoms with E-state index in [1.807, 2.05) is 0 Å². The molecule has 0 bridgehead atoms. The van der Waals surface area contributed by atoms with Crippen LogP contribution < -0.4 is 10.0 Å². The second kappa shape index (κ2) is 8.56. The molecule has 1 amide bonds. The standard InChI is InChI=1S/C15H18N4O3S3/c1-4-8-23-15-18-17-14(24-15)16-13(20)11-6-5-7-12(9-11)25(21,22)19-10(2)3/h4-7,9-10,19H,1,8H2,2-3H3,(H,16,17,20). The lowest BCUT2D eigenvalue weighted by atomic mass is 10.2. The van der Waals surface area contributed by atoms with E-state index in [4.69, 9.17) is 0 Å². The highest BCUT2D eigenvalue weighted by molar-refractivity contribution is 8.01.